The molecule has 2 N–H and O–H groups in total. The van der Waals surface area contributed by atoms with Crippen LogP contribution in [-0.2, 0) is 23.1 Å². The third-order valence-electron chi connectivity index (χ3n) is 3.29. The lowest BCUT2D eigenvalue weighted by molar-refractivity contribution is 0.0948. The molecule has 0 saturated carbocycles. The second kappa shape index (κ2) is 7.78. The Hall–Kier alpha value is -2.34. The molecule has 2 rings (SSSR count). The molecule has 122 valence electrons. The van der Waals surface area contributed by atoms with Crippen molar-refractivity contribution in [3.05, 3.63) is 59.2 Å². The van der Waals surface area contributed by atoms with Gasteiger partial charge in [-0.15, -0.1) is 0 Å². The normalized spacial score (nSPS) is 11.7. The fourth-order valence-electron chi connectivity index (χ4n) is 2.09. The molecule has 0 aromatic heterocycles. The maximum Gasteiger partial charge on any atom is 0.255 e. The third kappa shape index (κ3) is 4.82. The summed E-state index contributed by atoms with van der Waals surface area (Å²) in [5.74, 6) is 0.554. The SMILES string of the molecule is COc1ccc(O)c(C(=O)NCc2ccc(CS(C)=O)cc2)c1. The molecule has 1 amide bonds. The van der Waals surface area contributed by atoms with Crippen molar-refractivity contribution in [3.63, 3.8) is 0 Å². The first-order chi connectivity index (χ1) is 11.0. The van der Waals surface area contributed by atoms with E-state index in [4.69, 9.17) is 4.74 Å². The molecule has 5 nitrogen and oxygen atoms in total. The van der Waals surface area contributed by atoms with Crippen molar-refractivity contribution in [2.45, 2.75) is 12.3 Å². The second-order valence-electron chi connectivity index (χ2n) is 5.10. The summed E-state index contributed by atoms with van der Waals surface area (Å²) in [7, 11) is 0.625. The van der Waals surface area contributed by atoms with E-state index in [1.54, 1.807) is 12.3 Å². The quantitative estimate of drug-likeness (QED) is 0.850. The third-order valence-corrected chi connectivity index (χ3v) is 4.03. The first-order valence-electron chi connectivity index (χ1n) is 7.02. The van der Waals surface area contributed by atoms with Crippen LogP contribution in [0.4, 0.5) is 0 Å². The van der Waals surface area contributed by atoms with Crippen LogP contribution in [0.1, 0.15) is 21.5 Å². The molecule has 6 heteroatoms. The van der Waals surface area contributed by atoms with Gasteiger partial charge >= 0.3 is 0 Å². The molecule has 0 heterocycles. The lowest BCUT2D eigenvalue weighted by atomic mass is 10.1. The Labute approximate surface area is 137 Å². The minimum Gasteiger partial charge on any atom is -0.507 e. The van der Waals surface area contributed by atoms with Gasteiger partial charge in [-0.25, -0.2) is 0 Å². The minimum atomic E-state index is -0.874. The van der Waals surface area contributed by atoms with Crippen molar-refractivity contribution in [1.29, 1.82) is 0 Å². The number of aromatic hydroxyl groups is 1. The summed E-state index contributed by atoms with van der Waals surface area (Å²) >= 11 is 0. The van der Waals surface area contributed by atoms with Crippen molar-refractivity contribution >= 4 is 16.7 Å². The summed E-state index contributed by atoms with van der Waals surface area (Å²) < 4.78 is 16.2. The van der Waals surface area contributed by atoms with Crippen molar-refractivity contribution in [3.8, 4) is 11.5 Å². The molecule has 0 spiro atoms. The summed E-state index contributed by atoms with van der Waals surface area (Å²) in [5, 5.41) is 12.5. The fourth-order valence-corrected chi connectivity index (χ4v) is 2.75. The Kier molecular flexibility index (Phi) is 5.76. The number of carbonyl (C=O) groups excluding carboxylic acids is 1. The van der Waals surface area contributed by atoms with Crippen LogP contribution in [0, 0.1) is 0 Å². The Balaban J connectivity index is 2.00. The number of hydrogen-bond donors (Lipinski definition) is 2. The first-order valence-corrected chi connectivity index (χ1v) is 8.75. The van der Waals surface area contributed by atoms with Crippen LogP contribution in [0.2, 0.25) is 0 Å². The highest BCUT2D eigenvalue weighted by Gasteiger charge is 2.12. The average Bonchev–Trinajstić information content (AvgIpc) is 2.54. The number of rotatable bonds is 6. The minimum absolute atomic E-state index is 0.0935. The zero-order chi connectivity index (χ0) is 16.8. The van der Waals surface area contributed by atoms with E-state index in [1.807, 2.05) is 24.3 Å². The smallest absolute Gasteiger partial charge is 0.255 e. The predicted octanol–water partition coefficient (Wildman–Crippen LogP) is 2.21. The predicted molar refractivity (Wildman–Crippen MR) is 90.0 cm³/mol. The number of phenols is 1. The monoisotopic (exact) mass is 333 g/mol. The summed E-state index contributed by atoms with van der Waals surface area (Å²) in [6.45, 7) is 0.338. The highest BCUT2D eigenvalue weighted by molar-refractivity contribution is 7.83. The van der Waals surface area contributed by atoms with Gasteiger partial charge < -0.3 is 15.2 Å². The lowest BCUT2D eigenvalue weighted by Gasteiger charge is -2.09. The number of hydrogen-bond acceptors (Lipinski definition) is 4. The molecule has 2 aromatic rings. The van der Waals surface area contributed by atoms with Crippen LogP contribution in [-0.4, -0.2) is 28.6 Å². The van der Waals surface area contributed by atoms with Crippen molar-refractivity contribution < 1.29 is 18.8 Å². The van der Waals surface area contributed by atoms with E-state index >= 15 is 0 Å². The van der Waals surface area contributed by atoms with Gasteiger partial charge in [0.15, 0.2) is 0 Å². The van der Waals surface area contributed by atoms with E-state index < -0.39 is 10.8 Å². The van der Waals surface area contributed by atoms with Crippen LogP contribution in [0.3, 0.4) is 0 Å². The molecular formula is C17H19NO4S. The zero-order valence-electron chi connectivity index (χ0n) is 13.0. The van der Waals surface area contributed by atoms with E-state index in [-0.39, 0.29) is 17.2 Å². The first kappa shape index (κ1) is 17.0. The van der Waals surface area contributed by atoms with Gasteiger partial charge in [-0.2, -0.15) is 0 Å². The molecule has 23 heavy (non-hydrogen) atoms. The van der Waals surface area contributed by atoms with Crippen LogP contribution in [0.5, 0.6) is 11.5 Å². The van der Waals surface area contributed by atoms with Crippen LogP contribution in [0.15, 0.2) is 42.5 Å². The molecule has 0 radical (unpaired) electrons. The Bertz CT molecular complexity index is 713. The van der Waals surface area contributed by atoms with E-state index in [0.29, 0.717) is 18.0 Å². The maximum atomic E-state index is 12.2. The molecule has 0 fully saturated rings. The van der Waals surface area contributed by atoms with Crippen molar-refractivity contribution in [1.82, 2.24) is 5.32 Å². The van der Waals surface area contributed by atoms with Gasteiger partial charge in [0.1, 0.15) is 11.5 Å². The van der Waals surface area contributed by atoms with E-state index in [0.717, 1.165) is 11.1 Å². The molecule has 2 aromatic carbocycles. The summed E-state index contributed by atoms with van der Waals surface area (Å²) in [5.41, 5.74) is 2.08. The topological polar surface area (TPSA) is 75.6 Å². The van der Waals surface area contributed by atoms with Gasteiger partial charge in [0.05, 0.1) is 12.7 Å². The molecule has 1 unspecified atom stereocenters. The summed E-state index contributed by atoms with van der Waals surface area (Å²) in [6, 6.07) is 12.1. The van der Waals surface area contributed by atoms with Gasteiger partial charge in [0, 0.05) is 29.4 Å². The van der Waals surface area contributed by atoms with Gasteiger partial charge in [-0.05, 0) is 29.3 Å². The van der Waals surface area contributed by atoms with E-state index in [1.165, 1.54) is 19.2 Å². The van der Waals surface area contributed by atoms with Gasteiger partial charge in [-0.1, -0.05) is 24.3 Å². The molecule has 0 bridgehead atoms. The van der Waals surface area contributed by atoms with Gasteiger partial charge in [0.2, 0.25) is 0 Å². The van der Waals surface area contributed by atoms with E-state index in [2.05, 4.69) is 5.32 Å². The molecule has 0 aliphatic carbocycles. The fraction of sp³-hybridized carbons (Fsp3) is 0.235. The Morgan fingerprint density at radius 1 is 1.17 bits per heavy atom. The molecule has 0 aliphatic heterocycles. The number of amides is 1. The second-order valence-corrected chi connectivity index (χ2v) is 6.53. The van der Waals surface area contributed by atoms with Crippen LogP contribution < -0.4 is 10.1 Å². The molecule has 0 saturated heterocycles. The molecular weight excluding hydrogens is 314 g/mol. The summed E-state index contributed by atoms with van der Waals surface area (Å²) in [4.78, 5) is 12.2. The van der Waals surface area contributed by atoms with Crippen molar-refractivity contribution in [2.24, 2.45) is 0 Å². The van der Waals surface area contributed by atoms with Gasteiger partial charge in [-0.3, -0.25) is 9.00 Å². The highest BCUT2D eigenvalue weighted by atomic mass is 32.2. The number of nitrogens with one attached hydrogen (secondary N) is 1. The number of carbonyl (C=O) groups is 1. The molecule has 0 aliphatic rings. The lowest BCUT2D eigenvalue weighted by Crippen LogP contribution is -2.22. The standard InChI is InChI=1S/C17H19NO4S/c1-22-14-7-8-16(19)15(9-14)17(20)18-10-12-3-5-13(6-4-12)11-23(2)21/h3-9,19H,10-11H2,1-2H3,(H,18,20). The molecule has 1 atom stereocenters. The Morgan fingerprint density at radius 2 is 1.83 bits per heavy atom. The largest absolute Gasteiger partial charge is 0.507 e. The van der Waals surface area contributed by atoms with Gasteiger partial charge in [0.25, 0.3) is 5.91 Å². The summed E-state index contributed by atoms with van der Waals surface area (Å²) in [6.07, 6.45) is 1.66. The Morgan fingerprint density at radius 3 is 2.43 bits per heavy atom. The number of ether oxygens (including phenoxy) is 1. The van der Waals surface area contributed by atoms with Crippen LogP contribution in [0.25, 0.3) is 0 Å². The number of phenolic OH excluding ortho intramolecular Hbond substituents is 1. The van der Waals surface area contributed by atoms with E-state index in [9.17, 15) is 14.1 Å². The number of methoxy groups -OCH3 is 1. The zero-order valence-corrected chi connectivity index (χ0v) is 13.9. The van der Waals surface area contributed by atoms with Crippen molar-refractivity contribution in [2.75, 3.05) is 13.4 Å². The number of benzene rings is 2. The average molecular weight is 333 g/mol. The maximum absolute atomic E-state index is 12.2. The van der Waals surface area contributed by atoms with Crippen LogP contribution >= 0.6 is 0 Å². The highest BCUT2D eigenvalue weighted by Crippen LogP contribution is 2.22.